The highest BCUT2D eigenvalue weighted by Gasteiger charge is 1.96. The Morgan fingerprint density at radius 3 is 3.09 bits per heavy atom. The van der Waals surface area contributed by atoms with E-state index in [1.165, 1.54) is 9.13 Å². The quantitative estimate of drug-likeness (QED) is 0.777. The van der Waals surface area contributed by atoms with E-state index in [0.717, 1.165) is 13.0 Å². The molecule has 1 rings (SSSR count). The molecule has 0 saturated carbocycles. The second kappa shape index (κ2) is 4.66. The van der Waals surface area contributed by atoms with Crippen LogP contribution in [0.1, 0.15) is 5.56 Å². The molecule has 0 amide bonds. The van der Waals surface area contributed by atoms with Crippen molar-refractivity contribution in [3.05, 3.63) is 27.6 Å². The van der Waals surface area contributed by atoms with Crippen LogP contribution in [0.25, 0.3) is 0 Å². The second-order valence-corrected chi connectivity index (χ2v) is 3.37. The predicted octanol–water partition coefficient (Wildman–Crippen LogP) is 1.88. The van der Waals surface area contributed by atoms with Gasteiger partial charge in [0.1, 0.15) is 0 Å². The van der Waals surface area contributed by atoms with Crippen molar-refractivity contribution < 1.29 is 4.74 Å². The maximum Gasteiger partial charge on any atom is 0.0503 e. The maximum absolute atomic E-state index is 4.98. The first-order valence-corrected chi connectivity index (χ1v) is 4.50. The molecule has 0 aliphatic heterocycles. The fraction of sp³-hybridized carbons (Fsp3) is 0.375. The number of hydrogen-bond donors (Lipinski definition) is 0. The summed E-state index contributed by atoms with van der Waals surface area (Å²) < 4.78 is 6.19. The van der Waals surface area contributed by atoms with Crippen molar-refractivity contribution >= 4 is 22.6 Å². The molecule has 60 valence electrons. The van der Waals surface area contributed by atoms with Gasteiger partial charge in [-0.3, -0.25) is 4.98 Å². The topological polar surface area (TPSA) is 22.1 Å². The molecular formula is C8H10INO. The molecule has 2 nitrogen and oxygen atoms in total. The number of aromatic nitrogens is 1. The van der Waals surface area contributed by atoms with Crippen LogP contribution >= 0.6 is 22.6 Å². The average Bonchev–Trinajstić information content (AvgIpc) is 2.03. The normalized spacial score (nSPS) is 10.0. The minimum atomic E-state index is 0.778. The van der Waals surface area contributed by atoms with E-state index in [2.05, 4.69) is 27.6 Å². The van der Waals surface area contributed by atoms with Gasteiger partial charge >= 0.3 is 0 Å². The molecule has 1 heterocycles. The standard InChI is InChI=1S/C8H10INO/c1-11-5-3-7-2-4-10-6-8(7)9/h2,4,6H,3,5H2,1H3. The molecule has 0 bridgehead atoms. The number of nitrogens with zero attached hydrogens (tertiary/aromatic N) is 1. The molecule has 0 saturated heterocycles. The third kappa shape index (κ3) is 2.75. The molecule has 0 radical (unpaired) electrons. The predicted molar refractivity (Wildman–Crippen MR) is 52.5 cm³/mol. The van der Waals surface area contributed by atoms with Crippen molar-refractivity contribution in [2.75, 3.05) is 13.7 Å². The lowest BCUT2D eigenvalue weighted by molar-refractivity contribution is 0.202. The summed E-state index contributed by atoms with van der Waals surface area (Å²) in [5.41, 5.74) is 1.31. The van der Waals surface area contributed by atoms with Gasteiger partial charge in [0.15, 0.2) is 0 Å². The highest BCUT2D eigenvalue weighted by molar-refractivity contribution is 14.1. The number of hydrogen-bond acceptors (Lipinski definition) is 2. The third-order valence-electron chi connectivity index (χ3n) is 1.43. The first-order chi connectivity index (χ1) is 5.34. The van der Waals surface area contributed by atoms with E-state index in [1.807, 2.05) is 18.5 Å². The van der Waals surface area contributed by atoms with Crippen molar-refractivity contribution in [2.45, 2.75) is 6.42 Å². The van der Waals surface area contributed by atoms with Crippen molar-refractivity contribution in [1.29, 1.82) is 0 Å². The molecule has 0 fully saturated rings. The molecule has 0 unspecified atom stereocenters. The summed E-state index contributed by atoms with van der Waals surface area (Å²) >= 11 is 2.28. The van der Waals surface area contributed by atoms with Gasteiger partial charge in [0, 0.05) is 23.1 Å². The zero-order chi connectivity index (χ0) is 8.10. The largest absolute Gasteiger partial charge is 0.384 e. The summed E-state index contributed by atoms with van der Waals surface area (Å²) in [6, 6.07) is 2.03. The zero-order valence-corrected chi connectivity index (χ0v) is 8.54. The van der Waals surface area contributed by atoms with Gasteiger partial charge in [-0.15, -0.1) is 0 Å². The van der Waals surface area contributed by atoms with Gasteiger partial charge in [-0.25, -0.2) is 0 Å². The lowest BCUT2D eigenvalue weighted by atomic mass is 10.2. The Balaban J connectivity index is 2.62. The van der Waals surface area contributed by atoms with E-state index in [9.17, 15) is 0 Å². The Kier molecular flexibility index (Phi) is 3.79. The van der Waals surface area contributed by atoms with Gasteiger partial charge < -0.3 is 4.74 Å². The van der Waals surface area contributed by atoms with Crippen molar-refractivity contribution in [1.82, 2.24) is 4.98 Å². The fourth-order valence-electron chi connectivity index (χ4n) is 0.819. The van der Waals surface area contributed by atoms with Gasteiger partial charge in [0.05, 0.1) is 6.61 Å². The van der Waals surface area contributed by atoms with E-state index in [1.54, 1.807) is 7.11 Å². The van der Waals surface area contributed by atoms with Crippen molar-refractivity contribution in [2.24, 2.45) is 0 Å². The Bertz CT molecular complexity index is 227. The summed E-state index contributed by atoms with van der Waals surface area (Å²) in [5.74, 6) is 0. The van der Waals surface area contributed by atoms with Crippen molar-refractivity contribution in [3.63, 3.8) is 0 Å². The van der Waals surface area contributed by atoms with Crippen LogP contribution in [0.3, 0.4) is 0 Å². The van der Waals surface area contributed by atoms with Gasteiger partial charge in [-0.1, -0.05) is 0 Å². The van der Waals surface area contributed by atoms with Gasteiger partial charge in [0.25, 0.3) is 0 Å². The summed E-state index contributed by atoms with van der Waals surface area (Å²) in [6.07, 6.45) is 4.65. The third-order valence-corrected chi connectivity index (χ3v) is 2.40. The van der Waals surface area contributed by atoms with E-state index in [0.29, 0.717) is 0 Å². The van der Waals surface area contributed by atoms with Gasteiger partial charge in [-0.05, 0) is 40.6 Å². The number of methoxy groups -OCH3 is 1. The smallest absolute Gasteiger partial charge is 0.0503 e. The molecular weight excluding hydrogens is 253 g/mol. The molecule has 0 spiro atoms. The first kappa shape index (κ1) is 8.93. The van der Waals surface area contributed by atoms with Crippen LogP contribution in [0.15, 0.2) is 18.5 Å². The maximum atomic E-state index is 4.98. The minimum absolute atomic E-state index is 0.778. The molecule has 3 heteroatoms. The fourth-order valence-corrected chi connectivity index (χ4v) is 1.43. The van der Waals surface area contributed by atoms with Crippen LogP contribution in [0.5, 0.6) is 0 Å². The van der Waals surface area contributed by atoms with E-state index in [4.69, 9.17) is 4.74 Å². The molecule has 0 aliphatic carbocycles. The molecule has 0 aliphatic rings. The van der Waals surface area contributed by atoms with Gasteiger partial charge in [0.2, 0.25) is 0 Å². The molecule has 0 atom stereocenters. The second-order valence-electron chi connectivity index (χ2n) is 2.21. The van der Waals surface area contributed by atoms with Crippen LogP contribution in [-0.2, 0) is 11.2 Å². The average molecular weight is 263 g/mol. The summed E-state index contributed by atoms with van der Waals surface area (Å²) in [6.45, 7) is 0.778. The lowest BCUT2D eigenvalue weighted by Crippen LogP contribution is -1.96. The Morgan fingerprint density at radius 2 is 2.45 bits per heavy atom. The Hall–Kier alpha value is -0.160. The zero-order valence-electron chi connectivity index (χ0n) is 6.38. The molecule has 0 N–H and O–H groups in total. The number of ether oxygens (including phenoxy) is 1. The summed E-state index contributed by atoms with van der Waals surface area (Å²) in [7, 11) is 1.72. The van der Waals surface area contributed by atoms with Crippen LogP contribution in [0.4, 0.5) is 0 Å². The molecule has 1 aromatic heterocycles. The van der Waals surface area contributed by atoms with Crippen LogP contribution in [0, 0.1) is 3.57 Å². The lowest BCUT2D eigenvalue weighted by Gasteiger charge is -2.01. The first-order valence-electron chi connectivity index (χ1n) is 3.42. The number of rotatable bonds is 3. The summed E-state index contributed by atoms with van der Waals surface area (Å²) in [4.78, 5) is 4.00. The molecule has 1 aromatic rings. The SMILES string of the molecule is COCCc1ccncc1I. The van der Waals surface area contributed by atoms with Crippen molar-refractivity contribution in [3.8, 4) is 0 Å². The van der Waals surface area contributed by atoms with Crippen LogP contribution in [0.2, 0.25) is 0 Å². The number of halogens is 1. The highest BCUT2D eigenvalue weighted by atomic mass is 127. The van der Waals surface area contributed by atoms with Crippen LogP contribution < -0.4 is 0 Å². The highest BCUT2D eigenvalue weighted by Crippen LogP contribution is 2.09. The number of pyridine rings is 1. The van der Waals surface area contributed by atoms with E-state index >= 15 is 0 Å². The van der Waals surface area contributed by atoms with Gasteiger partial charge in [-0.2, -0.15) is 0 Å². The van der Waals surface area contributed by atoms with E-state index < -0.39 is 0 Å². The molecule has 0 aromatic carbocycles. The van der Waals surface area contributed by atoms with E-state index in [-0.39, 0.29) is 0 Å². The Labute approximate surface area is 80.1 Å². The Morgan fingerprint density at radius 1 is 1.64 bits per heavy atom. The molecule has 11 heavy (non-hydrogen) atoms. The monoisotopic (exact) mass is 263 g/mol. The van der Waals surface area contributed by atoms with Crippen LogP contribution in [-0.4, -0.2) is 18.7 Å². The minimum Gasteiger partial charge on any atom is -0.384 e. The summed E-state index contributed by atoms with van der Waals surface area (Å²) in [5, 5.41) is 0.